The SMILES string of the molecule is CN(CCCC(=O)[C@@H](C#N)c1ccccn1)S(=O)(=O)c1ccc(F)cc1. The van der Waals surface area contributed by atoms with E-state index in [2.05, 4.69) is 4.98 Å². The maximum absolute atomic E-state index is 12.9. The molecule has 8 heteroatoms. The van der Waals surface area contributed by atoms with Crippen molar-refractivity contribution in [3.05, 3.63) is 60.2 Å². The number of carbonyl (C=O) groups excluding carboxylic acids is 1. The number of hydrogen-bond donors (Lipinski definition) is 0. The van der Waals surface area contributed by atoms with Gasteiger partial charge in [-0.15, -0.1) is 0 Å². The van der Waals surface area contributed by atoms with Crippen molar-refractivity contribution in [2.24, 2.45) is 0 Å². The van der Waals surface area contributed by atoms with Gasteiger partial charge in [0.25, 0.3) is 0 Å². The van der Waals surface area contributed by atoms with Crippen LogP contribution in [0.5, 0.6) is 0 Å². The van der Waals surface area contributed by atoms with Crippen molar-refractivity contribution in [1.29, 1.82) is 5.26 Å². The zero-order valence-corrected chi connectivity index (χ0v) is 15.0. The van der Waals surface area contributed by atoms with E-state index in [1.54, 1.807) is 18.2 Å². The molecule has 0 radical (unpaired) electrons. The Morgan fingerprint density at radius 2 is 1.96 bits per heavy atom. The van der Waals surface area contributed by atoms with E-state index in [9.17, 15) is 22.9 Å². The first-order valence-corrected chi connectivity index (χ1v) is 9.35. The van der Waals surface area contributed by atoms with Gasteiger partial charge in [-0.2, -0.15) is 5.26 Å². The lowest BCUT2D eigenvalue weighted by Crippen LogP contribution is -2.28. The zero-order valence-electron chi connectivity index (χ0n) is 14.2. The van der Waals surface area contributed by atoms with Crippen molar-refractivity contribution in [1.82, 2.24) is 9.29 Å². The topological polar surface area (TPSA) is 91.1 Å². The van der Waals surface area contributed by atoms with Crippen molar-refractivity contribution >= 4 is 15.8 Å². The molecule has 0 aliphatic rings. The molecule has 0 fully saturated rings. The van der Waals surface area contributed by atoms with Crippen LogP contribution in [-0.2, 0) is 14.8 Å². The number of Topliss-reactive ketones (excluding diaryl/α,β-unsaturated/α-hetero) is 1. The van der Waals surface area contributed by atoms with Gasteiger partial charge >= 0.3 is 0 Å². The largest absolute Gasteiger partial charge is 0.298 e. The third-order valence-electron chi connectivity index (χ3n) is 3.85. The third kappa shape index (κ3) is 4.71. The normalized spacial score (nSPS) is 12.5. The Morgan fingerprint density at radius 3 is 2.54 bits per heavy atom. The van der Waals surface area contributed by atoms with Crippen LogP contribution in [-0.4, -0.2) is 37.1 Å². The molecule has 0 unspecified atom stereocenters. The Labute approximate surface area is 152 Å². The highest BCUT2D eigenvalue weighted by atomic mass is 32.2. The highest BCUT2D eigenvalue weighted by Crippen LogP contribution is 2.18. The predicted molar refractivity (Wildman–Crippen MR) is 93.0 cm³/mol. The van der Waals surface area contributed by atoms with E-state index in [4.69, 9.17) is 0 Å². The molecule has 0 spiro atoms. The summed E-state index contributed by atoms with van der Waals surface area (Å²) in [5.74, 6) is -1.79. The van der Waals surface area contributed by atoms with Crippen LogP contribution in [0.1, 0.15) is 24.5 Å². The molecule has 1 atom stereocenters. The van der Waals surface area contributed by atoms with Crippen LogP contribution >= 0.6 is 0 Å². The second-order valence-corrected chi connectivity index (χ2v) is 7.71. The molecule has 0 aliphatic carbocycles. The van der Waals surface area contributed by atoms with Gasteiger partial charge in [-0.25, -0.2) is 17.1 Å². The number of aromatic nitrogens is 1. The maximum Gasteiger partial charge on any atom is 0.242 e. The minimum absolute atomic E-state index is 0.0175. The van der Waals surface area contributed by atoms with Crippen molar-refractivity contribution in [3.8, 4) is 6.07 Å². The Hall–Kier alpha value is -2.63. The number of halogens is 1. The molecule has 0 saturated heterocycles. The van der Waals surface area contributed by atoms with E-state index in [-0.39, 0.29) is 30.1 Å². The lowest BCUT2D eigenvalue weighted by Gasteiger charge is -2.17. The van der Waals surface area contributed by atoms with Gasteiger partial charge in [0.2, 0.25) is 10.0 Å². The maximum atomic E-state index is 12.9. The number of hydrogen-bond acceptors (Lipinski definition) is 5. The Balaban J connectivity index is 1.95. The molecule has 2 aromatic rings. The molecular weight excluding hydrogens is 357 g/mol. The van der Waals surface area contributed by atoms with Gasteiger partial charge in [0.15, 0.2) is 5.78 Å². The number of sulfonamides is 1. The lowest BCUT2D eigenvalue weighted by atomic mass is 9.98. The molecule has 0 N–H and O–H groups in total. The van der Waals surface area contributed by atoms with Gasteiger partial charge in [-0.1, -0.05) is 6.07 Å². The molecule has 136 valence electrons. The second kappa shape index (κ2) is 8.65. The average Bonchev–Trinajstić information content (AvgIpc) is 2.63. The molecular formula is C18H18FN3O3S. The summed E-state index contributed by atoms with van der Waals surface area (Å²) in [5.41, 5.74) is 0.382. The molecule has 0 bridgehead atoms. The summed E-state index contributed by atoms with van der Waals surface area (Å²) in [6, 6.07) is 11.5. The first kappa shape index (κ1) is 19.7. The number of carbonyl (C=O) groups is 1. The van der Waals surface area contributed by atoms with Crippen LogP contribution < -0.4 is 0 Å². The van der Waals surface area contributed by atoms with Gasteiger partial charge in [0.05, 0.1) is 16.7 Å². The highest BCUT2D eigenvalue weighted by molar-refractivity contribution is 7.89. The van der Waals surface area contributed by atoms with Crippen LogP contribution in [0.2, 0.25) is 0 Å². The van der Waals surface area contributed by atoms with E-state index in [1.807, 2.05) is 6.07 Å². The summed E-state index contributed by atoms with van der Waals surface area (Å²) in [6.07, 6.45) is 1.83. The Bertz CT molecular complexity index is 894. The molecule has 0 saturated carbocycles. The standard InChI is InChI=1S/C18H18FN3O3S/c1-22(26(24,25)15-9-7-14(19)8-10-15)12-4-6-18(23)16(13-20)17-5-2-3-11-21-17/h2-3,5,7-11,16H,4,6,12H2,1H3/t16-/m0/s1. The molecule has 1 heterocycles. The molecule has 2 rings (SSSR count). The summed E-state index contributed by atoms with van der Waals surface area (Å²) in [4.78, 5) is 16.2. The third-order valence-corrected chi connectivity index (χ3v) is 5.72. The molecule has 1 aromatic heterocycles. The van der Waals surface area contributed by atoms with Crippen LogP contribution in [0.25, 0.3) is 0 Å². The second-order valence-electron chi connectivity index (χ2n) is 5.67. The average molecular weight is 375 g/mol. The van der Waals surface area contributed by atoms with Crippen LogP contribution in [0.3, 0.4) is 0 Å². The number of nitrogens with zero attached hydrogens (tertiary/aromatic N) is 3. The van der Waals surface area contributed by atoms with Gasteiger partial charge in [0.1, 0.15) is 11.7 Å². The summed E-state index contributed by atoms with van der Waals surface area (Å²) in [5, 5.41) is 9.21. The number of nitriles is 1. The summed E-state index contributed by atoms with van der Waals surface area (Å²) >= 11 is 0. The van der Waals surface area contributed by atoms with Crippen molar-refractivity contribution < 1.29 is 17.6 Å². The first-order valence-electron chi connectivity index (χ1n) is 7.91. The van der Waals surface area contributed by atoms with E-state index < -0.39 is 21.8 Å². The minimum Gasteiger partial charge on any atom is -0.298 e. The number of pyridine rings is 1. The fourth-order valence-corrected chi connectivity index (χ4v) is 3.59. The first-order chi connectivity index (χ1) is 12.4. The molecule has 26 heavy (non-hydrogen) atoms. The number of benzene rings is 1. The fraction of sp³-hybridized carbons (Fsp3) is 0.278. The van der Waals surface area contributed by atoms with Crippen molar-refractivity contribution in [3.63, 3.8) is 0 Å². The lowest BCUT2D eigenvalue weighted by molar-refractivity contribution is -0.119. The molecule has 1 aromatic carbocycles. The molecule has 6 nitrogen and oxygen atoms in total. The van der Waals surface area contributed by atoms with E-state index in [0.29, 0.717) is 5.69 Å². The van der Waals surface area contributed by atoms with Crippen LogP contribution in [0.15, 0.2) is 53.6 Å². The summed E-state index contributed by atoms with van der Waals surface area (Å²) < 4.78 is 38.8. The highest BCUT2D eigenvalue weighted by Gasteiger charge is 2.23. The number of rotatable bonds is 8. The quantitative estimate of drug-likeness (QED) is 0.707. The van der Waals surface area contributed by atoms with Crippen molar-refractivity contribution in [2.45, 2.75) is 23.7 Å². The van der Waals surface area contributed by atoms with Crippen LogP contribution in [0, 0.1) is 17.1 Å². The summed E-state index contributed by atoms with van der Waals surface area (Å²) in [6.45, 7) is 0.103. The number of ketones is 1. The fourth-order valence-electron chi connectivity index (χ4n) is 2.38. The van der Waals surface area contributed by atoms with Gasteiger partial charge in [-0.05, 0) is 42.8 Å². The van der Waals surface area contributed by atoms with E-state index in [1.165, 1.54) is 25.4 Å². The molecule has 0 aliphatic heterocycles. The smallest absolute Gasteiger partial charge is 0.242 e. The predicted octanol–water partition coefficient (Wildman–Crippen LogP) is 2.50. The zero-order chi connectivity index (χ0) is 19.2. The summed E-state index contributed by atoms with van der Waals surface area (Å²) in [7, 11) is -2.36. The molecule has 0 amide bonds. The van der Waals surface area contributed by atoms with E-state index in [0.717, 1.165) is 16.4 Å². The van der Waals surface area contributed by atoms with Gasteiger partial charge in [0, 0.05) is 26.2 Å². The van der Waals surface area contributed by atoms with Crippen LogP contribution in [0.4, 0.5) is 4.39 Å². The van der Waals surface area contributed by atoms with Crippen molar-refractivity contribution in [2.75, 3.05) is 13.6 Å². The van der Waals surface area contributed by atoms with Gasteiger partial charge in [-0.3, -0.25) is 9.78 Å². The monoisotopic (exact) mass is 375 g/mol. The Kier molecular flexibility index (Phi) is 6.55. The Morgan fingerprint density at radius 1 is 1.27 bits per heavy atom. The van der Waals surface area contributed by atoms with Gasteiger partial charge < -0.3 is 0 Å². The van der Waals surface area contributed by atoms with E-state index >= 15 is 0 Å². The minimum atomic E-state index is -3.75.